The van der Waals surface area contributed by atoms with E-state index >= 15 is 0 Å². The molecule has 0 bridgehead atoms. The van der Waals surface area contributed by atoms with Crippen LogP contribution < -0.4 is 11.2 Å². The minimum absolute atomic E-state index is 0. The fourth-order valence-electron chi connectivity index (χ4n) is 3.41. The molecule has 2 heterocycles. The summed E-state index contributed by atoms with van der Waals surface area (Å²) in [6.07, 6.45) is 0. The van der Waals surface area contributed by atoms with Crippen LogP contribution in [-0.4, -0.2) is 46.9 Å². The molecule has 0 spiro atoms. The first-order chi connectivity index (χ1) is 12.8. The molecule has 27 heavy (non-hydrogen) atoms. The van der Waals surface area contributed by atoms with Gasteiger partial charge in [0.2, 0.25) is 0 Å². The zero-order chi connectivity index (χ0) is 17.9. The fourth-order valence-corrected chi connectivity index (χ4v) is 3.41. The summed E-state index contributed by atoms with van der Waals surface area (Å²) in [6.45, 7) is 4.46. The molecular formula is C20H22ClN3O3. The summed E-state index contributed by atoms with van der Waals surface area (Å²) in [4.78, 5) is 28.4. The van der Waals surface area contributed by atoms with E-state index in [1.165, 1.54) is 4.57 Å². The molecule has 0 amide bonds. The Kier molecular flexibility index (Phi) is 6.11. The van der Waals surface area contributed by atoms with Crippen LogP contribution in [0.2, 0.25) is 0 Å². The Morgan fingerprint density at radius 1 is 0.852 bits per heavy atom. The van der Waals surface area contributed by atoms with Gasteiger partial charge in [-0.15, -0.1) is 12.4 Å². The summed E-state index contributed by atoms with van der Waals surface area (Å²) in [5.41, 5.74) is 0.698. The van der Waals surface area contributed by atoms with Crippen molar-refractivity contribution in [1.82, 2.24) is 14.0 Å². The Labute approximate surface area is 163 Å². The van der Waals surface area contributed by atoms with Crippen molar-refractivity contribution in [2.24, 2.45) is 0 Å². The van der Waals surface area contributed by atoms with Crippen molar-refractivity contribution in [2.45, 2.75) is 6.54 Å². The van der Waals surface area contributed by atoms with Crippen LogP contribution in [0.3, 0.4) is 0 Å². The van der Waals surface area contributed by atoms with E-state index in [0.29, 0.717) is 23.1 Å². The topological polar surface area (TPSA) is 56.5 Å². The lowest BCUT2D eigenvalue weighted by Crippen LogP contribution is -2.43. The van der Waals surface area contributed by atoms with Gasteiger partial charge in [-0.25, -0.2) is 9.36 Å². The van der Waals surface area contributed by atoms with Crippen molar-refractivity contribution in [3.05, 3.63) is 75.4 Å². The SMILES string of the molecule is Cl.O=c1c2ccccc2n(CCN2CCOCC2)c(=O)n1-c1ccccc1. The Hall–Kier alpha value is -2.41. The van der Waals surface area contributed by atoms with Gasteiger partial charge in [0, 0.05) is 26.2 Å². The van der Waals surface area contributed by atoms with E-state index in [0.717, 1.165) is 32.8 Å². The van der Waals surface area contributed by atoms with Crippen molar-refractivity contribution >= 4 is 23.3 Å². The lowest BCUT2D eigenvalue weighted by Gasteiger charge is -2.27. The van der Waals surface area contributed by atoms with Crippen molar-refractivity contribution < 1.29 is 4.74 Å². The van der Waals surface area contributed by atoms with Crippen molar-refractivity contribution in [3.63, 3.8) is 0 Å². The lowest BCUT2D eigenvalue weighted by atomic mass is 10.2. The number of aromatic nitrogens is 2. The minimum Gasteiger partial charge on any atom is -0.379 e. The normalized spacial score (nSPS) is 14.8. The monoisotopic (exact) mass is 387 g/mol. The summed E-state index contributed by atoms with van der Waals surface area (Å²) in [7, 11) is 0. The molecule has 142 valence electrons. The molecule has 0 radical (unpaired) electrons. The molecule has 1 saturated heterocycles. The average molecular weight is 388 g/mol. The van der Waals surface area contributed by atoms with E-state index in [1.54, 1.807) is 22.8 Å². The van der Waals surface area contributed by atoms with Crippen molar-refractivity contribution in [1.29, 1.82) is 0 Å². The van der Waals surface area contributed by atoms with Crippen molar-refractivity contribution in [3.8, 4) is 5.69 Å². The van der Waals surface area contributed by atoms with Gasteiger partial charge in [0.05, 0.1) is 29.8 Å². The van der Waals surface area contributed by atoms with Gasteiger partial charge in [-0.3, -0.25) is 14.3 Å². The number of hydrogen-bond acceptors (Lipinski definition) is 4. The molecule has 2 aromatic carbocycles. The van der Waals surface area contributed by atoms with Crippen LogP contribution in [0.4, 0.5) is 0 Å². The number of para-hydroxylation sites is 2. The first kappa shape index (κ1) is 19.4. The molecular weight excluding hydrogens is 366 g/mol. The van der Waals surface area contributed by atoms with E-state index in [4.69, 9.17) is 4.74 Å². The first-order valence-electron chi connectivity index (χ1n) is 8.86. The summed E-state index contributed by atoms with van der Waals surface area (Å²) in [5, 5.41) is 0.554. The van der Waals surface area contributed by atoms with Gasteiger partial charge in [-0.05, 0) is 24.3 Å². The zero-order valence-corrected chi connectivity index (χ0v) is 15.7. The van der Waals surface area contributed by atoms with Crippen LogP contribution >= 0.6 is 12.4 Å². The van der Waals surface area contributed by atoms with Gasteiger partial charge in [-0.2, -0.15) is 0 Å². The summed E-state index contributed by atoms with van der Waals surface area (Å²) in [6, 6.07) is 16.4. The van der Waals surface area contributed by atoms with Crippen LogP contribution in [-0.2, 0) is 11.3 Å². The summed E-state index contributed by atoms with van der Waals surface area (Å²) in [5.74, 6) is 0. The number of rotatable bonds is 4. The fraction of sp³-hybridized carbons (Fsp3) is 0.300. The highest BCUT2D eigenvalue weighted by molar-refractivity contribution is 5.85. The molecule has 1 fully saturated rings. The van der Waals surface area contributed by atoms with Crippen LogP contribution in [0.25, 0.3) is 16.6 Å². The third-order valence-corrected chi connectivity index (χ3v) is 4.81. The standard InChI is InChI=1S/C20H21N3O3.ClH/c24-19-17-8-4-5-9-18(17)22(11-10-21-12-14-26-15-13-21)20(25)23(19)16-6-2-1-3-7-16;/h1-9H,10-15H2;1H. The number of hydrogen-bond donors (Lipinski definition) is 0. The second kappa shape index (κ2) is 8.52. The number of ether oxygens (including phenoxy) is 1. The zero-order valence-electron chi connectivity index (χ0n) is 14.9. The molecule has 1 aliphatic rings. The van der Waals surface area contributed by atoms with Gasteiger partial charge in [0.1, 0.15) is 0 Å². The number of halogens is 1. The quantitative estimate of drug-likeness (QED) is 0.686. The molecule has 4 rings (SSSR count). The molecule has 0 aliphatic carbocycles. The Morgan fingerprint density at radius 2 is 1.52 bits per heavy atom. The maximum atomic E-state index is 13.2. The number of benzene rings is 2. The highest BCUT2D eigenvalue weighted by atomic mass is 35.5. The van der Waals surface area contributed by atoms with Crippen LogP contribution in [0.5, 0.6) is 0 Å². The predicted molar refractivity (Wildman–Crippen MR) is 108 cm³/mol. The van der Waals surface area contributed by atoms with Crippen LogP contribution in [0.1, 0.15) is 0 Å². The first-order valence-corrected chi connectivity index (χ1v) is 8.86. The second-order valence-corrected chi connectivity index (χ2v) is 6.38. The summed E-state index contributed by atoms with van der Waals surface area (Å²) >= 11 is 0. The largest absolute Gasteiger partial charge is 0.379 e. The Morgan fingerprint density at radius 3 is 2.26 bits per heavy atom. The van der Waals surface area contributed by atoms with E-state index in [2.05, 4.69) is 4.90 Å². The van der Waals surface area contributed by atoms with E-state index in [-0.39, 0.29) is 23.7 Å². The third kappa shape index (κ3) is 3.83. The highest BCUT2D eigenvalue weighted by Crippen LogP contribution is 2.10. The molecule has 0 N–H and O–H groups in total. The molecule has 3 aromatic rings. The van der Waals surface area contributed by atoms with Crippen LogP contribution in [0, 0.1) is 0 Å². The van der Waals surface area contributed by atoms with Crippen LogP contribution in [0.15, 0.2) is 64.2 Å². The van der Waals surface area contributed by atoms with Gasteiger partial charge >= 0.3 is 5.69 Å². The van der Waals surface area contributed by atoms with E-state index in [9.17, 15) is 9.59 Å². The number of fused-ring (bicyclic) bond motifs is 1. The number of morpholine rings is 1. The second-order valence-electron chi connectivity index (χ2n) is 6.38. The van der Waals surface area contributed by atoms with E-state index < -0.39 is 0 Å². The molecule has 1 aromatic heterocycles. The molecule has 0 atom stereocenters. The molecule has 6 nitrogen and oxygen atoms in total. The smallest absolute Gasteiger partial charge is 0.336 e. The summed E-state index contributed by atoms with van der Waals surface area (Å²) < 4.78 is 8.36. The highest BCUT2D eigenvalue weighted by Gasteiger charge is 2.16. The third-order valence-electron chi connectivity index (χ3n) is 4.81. The van der Waals surface area contributed by atoms with Gasteiger partial charge in [-0.1, -0.05) is 30.3 Å². The minimum atomic E-state index is -0.298. The Balaban J connectivity index is 0.00000210. The van der Waals surface area contributed by atoms with Gasteiger partial charge < -0.3 is 4.74 Å². The molecule has 0 saturated carbocycles. The van der Waals surface area contributed by atoms with Gasteiger partial charge in [0.15, 0.2) is 0 Å². The predicted octanol–water partition coefficient (Wildman–Crippen LogP) is 1.91. The average Bonchev–Trinajstić information content (AvgIpc) is 2.70. The maximum absolute atomic E-state index is 13.2. The lowest BCUT2D eigenvalue weighted by molar-refractivity contribution is 0.0363. The van der Waals surface area contributed by atoms with Crippen molar-refractivity contribution in [2.75, 3.05) is 32.8 Å². The molecule has 0 unspecified atom stereocenters. The molecule has 7 heteroatoms. The maximum Gasteiger partial charge on any atom is 0.336 e. The van der Waals surface area contributed by atoms with E-state index in [1.807, 2.05) is 36.4 Å². The van der Waals surface area contributed by atoms with Gasteiger partial charge in [0.25, 0.3) is 5.56 Å². The Bertz CT molecular complexity index is 1020. The number of nitrogens with zero attached hydrogens (tertiary/aromatic N) is 3. The molecule has 1 aliphatic heterocycles.